The molecule has 4 rings (SSSR count). The fraction of sp³-hybridized carbons (Fsp3) is 0.250. The van der Waals surface area contributed by atoms with Crippen LogP contribution in [0.3, 0.4) is 0 Å². The van der Waals surface area contributed by atoms with Crippen molar-refractivity contribution < 1.29 is 23.9 Å². The summed E-state index contributed by atoms with van der Waals surface area (Å²) in [5, 5.41) is 6.08. The van der Waals surface area contributed by atoms with Crippen molar-refractivity contribution in [1.82, 2.24) is 10.2 Å². The molecule has 2 heterocycles. The molecule has 0 bridgehead atoms. The summed E-state index contributed by atoms with van der Waals surface area (Å²) in [6.07, 6.45) is 0.311. The maximum absolute atomic E-state index is 13.1. The van der Waals surface area contributed by atoms with Crippen LogP contribution in [0.5, 0.6) is 11.5 Å². The maximum Gasteiger partial charge on any atom is 0.325 e. The highest BCUT2D eigenvalue weighted by Crippen LogP contribution is 2.39. The molecular formula is C20H17Cl2N3O5. The van der Waals surface area contributed by atoms with Crippen molar-refractivity contribution >= 4 is 46.7 Å². The van der Waals surface area contributed by atoms with Gasteiger partial charge in [0, 0.05) is 17.2 Å². The minimum Gasteiger partial charge on any atom is -0.454 e. The van der Waals surface area contributed by atoms with Crippen LogP contribution in [0.25, 0.3) is 0 Å². The van der Waals surface area contributed by atoms with Gasteiger partial charge in [-0.3, -0.25) is 14.5 Å². The number of fused-ring (bicyclic) bond motifs is 1. The molecule has 30 heavy (non-hydrogen) atoms. The molecule has 8 nitrogen and oxygen atoms in total. The third-order valence-electron chi connectivity index (χ3n) is 5.08. The van der Waals surface area contributed by atoms with Gasteiger partial charge in [-0.2, -0.15) is 0 Å². The summed E-state index contributed by atoms with van der Waals surface area (Å²) >= 11 is 12.1. The summed E-state index contributed by atoms with van der Waals surface area (Å²) in [5.41, 5.74) is -0.370. The average molecular weight is 450 g/mol. The first-order valence-electron chi connectivity index (χ1n) is 9.13. The number of nitrogens with zero attached hydrogens (tertiary/aromatic N) is 1. The Balaban J connectivity index is 1.52. The first-order chi connectivity index (χ1) is 14.3. The normalized spacial score (nSPS) is 19.8. The lowest BCUT2D eigenvalue weighted by Crippen LogP contribution is -2.44. The van der Waals surface area contributed by atoms with Gasteiger partial charge in [0.2, 0.25) is 12.7 Å². The average Bonchev–Trinajstić information content (AvgIpc) is 3.26. The molecule has 156 valence electrons. The second-order valence-corrected chi connectivity index (χ2v) is 7.66. The van der Waals surface area contributed by atoms with Crippen molar-refractivity contribution in [2.24, 2.45) is 0 Å². The number of imide groups is 1. The number of hydrogen-bond acceptors (Lipinski definition) is 5. The number of hydrogen-bond donors (Lipinski definition) is 2. The summed E-state index contributed by atoms with van der Waals surface area (Å²) in [6.45, 7) is 1.38. The minimum atomic E-state index is -1.25. The van der Waals surface area contributed by atoms with Crippen LogP contribution >= 0.6 is 23.2 Å². The molecule has 10 heteroatoms. The predicted molar refractivity (Wildman–Crippen MR) is 110 cm³/mol. The fourth-order valence-electron chi connectivity index (χ4n) is 3.49. The number of carbonyl (C=O) groups excluding carboxylic acids is 3. The van der Waals surface area contributed by atoms with E-state index in [-0.39, 0.29) is 17.5 Å². The lowest BCUT2D eigenvalue weighted by molar-refractivity contribution is -0.134. The van der Waals surface area contributed by atoms with Crippen LogP contribution in [0.15, 0.2) is 36.4 Å². The highest BCUT2D eigenvalue weighted by Gasteiger charge is 2.51. The number of carbonyl (C=O) groups is 3. The molecular weight excluding hydrogens is 433 g/mol. The smallest absolute Gasteiger partial charge is 0.325 e. The molecule has 0 aromatic heterocycles. The maximum atomic E-state index is 13.1. The van der Waals surface area contributed by atoms with E-state index >= 15 is 0 Å². The molecule has 1 atom stereocenters. The zero-order valence-electron chi connectivity index (χ0n) is 15.8. The lowest BCUT2D eigenvalue weighted by Gasteiger charge is -2.25. The van der Waals surface area contributed by atoms with E-state index in [1.54, 1.807) is 31.2 Å². The van der Waals surface area contributed by atoms with Crippen molar-refractivity contribution in [3.05, 3.63) is 52.0 Å². The second-order valence-electron chi connectivity index (χ2n) is 6.82. The van der Waals surface area contributed by atoms with Crippen molar-refractivity contribution in [3.63, 3.8) is 0 Å². The molecule has 2 aromatic carbocycles. The van der Waals surface area contributed by atoms with Crippen molar-refractivity contribution in [3.8, 4) is 11.5 Å². The predicted octanol–water partition coefficient (Wildman–Crippen LogP) is 3.52. The SMILES string of the molecule is CCC1(c2ccc(Cl)cc2)NC(=O)N(CC(=O)Nc2cc3c(cc2Cl)OCO3)C1=O. The Bertz CT molecular complexity index is 1040. The number of urea groups is 1. The highest BCUT2D eigenvalue weighted by atomic mass is 35.5. The standard InChI is InChI=1S/C20H17Cl2N3O5/c1-2-20(11-3-5-12(21)6-4-11)18(27)25(19(28)24-20)9-17(26)23-14-8-16-15(7-13(14)22)29-10-30-16/h3-8H,2,9-10H2,1H3,(H,23,26)(H,24,28). The van der Waals surface area contributed by atoms with Gasteiger partial charge in [0.25, 0.3) is 5.91 Å². The number of halogens is 2. The highest BCUT2D eigenvalue weighted by molar-refractivity contribution is 6.34. The van der Waals surface area contributed by atoms with Crippen LogP contribution in [0, 0.1) is 0 Å². The van der Waals surface area contributed by atoms with E-state index in [1.807, 2.05) is 0 Å². The van der Waals surface area contributed by atoms with E-state index in [9.17, 15) is 14.4 Å². The van der Waals surface area contributed by atoms with E-state index < -0.39 is 29.9 Å². The minimum absolute atomic E-state index is 0.0648. The van der Waals surface area contributed by atoms with Gasteiger partial charge in [-0.15, -0.1) is 0 Å². The van der Waals surface area contributed by atoms with Crippen LogP contribution in [-0.4, -0.2) is 36.1 Å². The van der Waals surface area contributed by atoms with Gasteiger partial charge in [0.15, 0.2) is 11.5 Å². The third kappa shape index (κ3) is 3.42. The Morgan fingerprint density at radius 1 is 1.17 bits per heavy atom. The number of amides is 4. The largest absolute Gasteiger partial charge is 0.454 e. The topological polar surface area (TPSA) is 97.0 Å². The van der Waals surface area contributed by atoms with Gasteiger partial charge in [0.05, 0.1) is 10.7 Å². The van der Waals surface area contributed by atoms with E-state index in [1.165, 1.54) is 12.1 Å². The first-order valence-corrected chi connectivity index (χ1v) is 9.89. The summed E-state index contributed by atoms with van der Waals surface area (Å²) in [6, 6.07) is 9.05. The van der Waals surface area contributed by atoms with Crippen molar-refractivity contribution in [2.45, 2.75) is 18.9 Å². The van der Waals surface area contributed by atoms with Gasteiger partial charge in [-0.05, 0) is 24.1 Å². The van der Waals surface area contributed by atoms with Crippen molar-refractivity contribution in [1.29, 1.82) is 0 Å². The Hall–Kier alpha value is -2.97. The Labute approximate surface area is 182 Å². The van der Waals surface area contributed by atoms with Crippen molar-refractivity contribution in [2.75, 3.05) is 18.7 Å². The Kier molecular flexibility index (Phi) is 5.21. The summed E-state index contributed by atoms with van der Waals surface area (Å²) in [4.78, 5) is 39.1. The fourth-order valence-corrected chi connectivity index (χ4v) is 3.82. The number of benzene rings is 2. The molecule has 0 radical (unpaired) electrons. The molecule has 2 aliphatic heterocycles. The van der Waals surface area contributed by atoms with Crippen LogP contribution in [0.4, 0.5) is 10.5 Å². The zero-order valence-corrected chi connectivity index (χ0v) is 17.3. The van der Waals surface area contributed by atoms with Gasteiger partial charge in [0.1, 0.15) is 12.1 Å². The summed E-state index contributed by atoms with van der Waals surface area (Å²) in [5.74, 6) is -0.174. The molecule has 1 saturated heterocycles. The molecule has 0 saturated carbocycles. The molecule has 1 fully saturated rings. The molecule has 2 aliphatic rings. The number of nitrogens with one attached hydrogen (secondary N) is 2. The molecule has 1 unspecified atom stereocenters. The van der Waals surface area contributed by atoms with Gasteiger partial charge in [-0.1, -0.05) is 42.3 Å². The van der Waals surface area contributed by atoms with Crippen LogP contribution in [0.2, 0.25) is 10.0 Å². The Morgan fingerprint density at radius 3 is 2.50 bits per heavy atom. The molecule has 2 aromatic rings. The quantitative estimate of drug-likeness (QED) is 0.680. The van der Waals surface area contributed by atoms with Gasteiger partial charge in [-0.25, -0.2) is 4.79 Å². The number of anilines is 1. The summed E-state index contributed by atoms with van der Waals surface area (Å²) < 4.78 is 10.5. The van der Waals surface area contributed by atoms with Gasteiger partial charge < -0.3 is 20.1 Å². The first kappa shape index (κ1) is 20.3. The molecule has 0 spiro atoms. The van der Waals surface area contributed by atoms with E-state index in [0.29, 0.717) is 28.5 Å². The lowest BCUT2D eigenvalue weighted by atomic mass is 9.87. The number of ether oxygens (including phenoxy) is 2. The molecule has 2 N–H and O–H groups in total. The van der Waals surface area contributed by atoms with Crippen LogP contribution < -0.4 is 20.1 Å². The van der Waals surface area contributed by atoms with Crippen LogP contribution in [0.1, 0.15) is 18.9 Å². The monoisotopic (exact) mass is 449 g/mol. The second kappa shape index (κ2) is 7.70. The summed E-state index contributed by atoms with van der Waals surface area (Å²) in [7, 11) is 0. The van der Waals surface area contributed by atoms with E-state index in [2.05, 4.69) is 10.6 Å². The van der Waals surface area contributed by atoms with Gasteiger partial charge >= 0.3 is 6.03 Å². The van der Waals surface area contributed by atoms with Crippen LogP contribution in [-0.2, 0) is 15.1 Å². The van der Waals surface area contributed by atoms with E-state index in [4.69, 9.17) is 32.7 Å². The Morgan fingerprint density at radius 2 is 1.83 bits per heavy atom. The molecule has 0 aliphatic carbocycles. The number of rotatable bonds is 5. The third-order valence-corrected chi connectivity index (χ3v) is 5.65. The zero-order chi connectivity index (χ0) is 21.5. The molecule has 4 amide bonds. The van der Waals surface area contributed by atoms with E-state index in [0.717, 1.165) is 4.90 Å².